The van der Waals surface area contributed by atoms with Crippen LogP contribution in [0.5, 0.6) is 11.5 Å². The van der Waals surface area contributed by atoms with Gasteiger partial charge in [0.15, 0.2) is 18.1 Å². The summed E-state index contributed by atoms with van der Waals surface area (Å²) in [5.41, 5.74) is -0.860. The van der Waals surface area contributed by atoms with E-state index in [2.05, 4.69) is 10.8 Å². The molecule has 0 heterocycles. The maximum atomic E-state index is 12.4. The predicted molar refractivity (Wildman–Crippen MR) is 94.1 cm³/mol. The second-order valence-electron chi connectivity index (χ2n) is 6.48. The molecule has 0 aliphatic heterocycles. The van der Waals surface area contributed by atoms with Crippen LogP contribution in [-0.2, 0) is 9.53 Å². The molecule has 0 spiro atoms. The first-order valence-corrected chi connectivity index (χ1v) is 8.81. The van der Waals surface area contributed by atoms with E-state index >= 15 is 0 Å². The molecule has 28 heavy (non-hydrogen) atoms. The Hall–Kier alpha value is -2.89. The number of carbonyl (C=O) groups excluding carboxylic acids is 2. The number of carbonyl (C=O) groups is 2. The third-order valence-electron chi connectivity index (χ3n) is 4.85. The highest BCUT2D eigenvalue weighted by molar-refractivity contribution is 5.92. The van der Waals surface area contributed by atoms with Gasteiger partial charge in [-0.2, -0.15) is 14.0 Å². The molecule has 7 nitrogen and oxygen atoms in total. The van der Waals surface area contributed by atoms with Gasteiger partial charge in [0.2, 0.25) is 0 Å². The number of alkyl halides is 2. The van der Waals surface area contributed by atoms with Crippen molar-refractivity contribution in [2.75, 3.05) is 20.8 Å². The average molecular weight is 396 g/mol. The van der Waals surface area contributed by atoms with Crippen LogP contribution in [0.15, 0.2) is 18.2 Å². The van der Waals surface area contributed by atoms with Gasteiger partial charge in [-0.1, -0.05) is 19.3 Å². The van der Waals surface area contributed by atoms with Gasteiger partial charge in [-0.25, -0.2) is 4.79 Å². The molecule has 1 saturated carbocycles. The Morgan fingerprint density at radius 1 is 1.25 bits per heavy atom. The van der Waals surface area contributed by atoms with Crippen LogP contribution in [0.4, 0.5) is 8.78 Å². The van der Waals surface area contributed by atoms with E-state index in [4.69, 9.17) is 9.47 Å². The van der Waals surface area contributed by atoms with Crippen molar-refractivity contribution in [3.8, 4) is 17.6 Å². The van der Waals surface area contributed by atoms with E-state index in [1.807, 2.05) is 0 Å². The van der Waals surface area contributed by atoms with Crippen molar-refractivity contribution in [1.29, 1.82) is 5.26 Å². The Kier molecular flexibility index (Phi) is 7.15. The van der Waals surface area contributed by atoms with Crippen LogP contribution in [0.2, 0.25) is 0 Å². The summed E-state index contributed by atoms with van der Waals surface area (Å²) in [7, 11) is 2.77. The molecule has 0 atom stereocenters. The van der Waals surface area contributed by atoms with Crippen molar-refractivity contribution in [3.63, 3.8) is 0 Å². The van der Waals surface area contributed by atoms with Gasteiger partial charge in [0, 0.05) is 7.05 Å². The quantitative estimate of drug-likeness (QED) is 0.658. The number of amides is 1. The maximum Gasteiger partial charge on any atom is 0.387 e. The topological polar surface area (TPSA) is 88.9 Å². The van der Waals surface area contributed by atoms with Gasteiger partial charge in [0.05, 0.1) is 18.7 Å². The van der Waals surface area contributed by atoms with E-state index in [0.29, 0.717) is 12.8 Å². The lowest BCUT2D eigenvalue weighted by Gasteiger charge is -2.38. The number of benzene rings is 1. The molecular weight excluding hydrogens is 374 g/mol. The fourth-order valence-electron chi connectivity index (χ4n) is 3.19. The van der Waals surface area contributed by atoms with Gasteiger partial charge in [-0.3, -0.25) is 4.79 Å². The van der Waals surface area contributed by atoms with Crippen LogP contribution < -0.4 is 9.47 Å². The van der Waals surface area contributed by atoms with Gasteiger partial charge in [-0.05, 0) is 31.0 Å². The van der Waals surface area contributed by atoms with Crippen molar-refractivity contribution in [1.82, 2.24) is 4.90 Å². The van der Waals surface area contributed by atoms with E-state index < -0.39 is 30.6 Å². The number of hydrogen-bond acceptors (Lipinski definition) is 6. The summed E-state index contributed by atoms with van der Waals surface area (Å²) in [4.78, 5) is 26.0. The van der Waals surface area contributed by atoms with Crippen molar-refractivity contribution < 1.29 is 32.6 Å². The molecule has 1 amide bonds. The van der Waals surface area contributed by atoms with E-state index in [1.165, 1.54) is 31.2 Å². The number of hydrogen-bond donors (Lipinski definition) is 0. The monoisotopic (exact) mass is 396 g/mol. The summed E-state index contributed by atoms with van der Waals surface area (Å²) in [6.07, 6.45) is 3.91. The van der Waals surface area contributed by atoms with Crippen LogP contribution in [0.3, 0.4) is 0 Å². The fraction of sp³-hybridized carbons (Fsp3) is 0.526. The zero-order valence-corrected chi connectivity index (χ0v) is 15.7. The molecule has 0 N–H and O–H groups in total. The molecule has 0 saturated heterocycles. The van der Waals surface area contributed by atoms with Crippen molar-refractivity contribution in [2.45, 2.75) is 44.3 Å². The summed E-state index contributed by atoms with van der Waals surface area (Å²) in [5, 5.41) is 9.53. The van der Waals surface area contributed by atoms with Gasteiger partial charge in [0.25, 0.3) is 5.91 Å². The molecule has 2 rings (SSSR count). The molecule has 1 aliphatic rings. The highest BCUT2D eigenvalue weighted by Crippen LogP contribution is 2.33. The lowest BCUT2D eigenvalue weighted by molar-refractivity contribution is -0.138. The minimum absolute atomic E-state index is 0.0154. The third kappa shape index (κ3) is 4.88. The normalized spacial score (nSPS) is 15.4. The lowest BCUT2D eigenvalue weighted by Crippen LogP contribution is -2.51. The standard InChI is InChI=1S/C19H22F2N2O5/c1-23(19(12-22)8-4-3-5-9-19)16(24)11-27-17(25)13-6-7-14(28-18(20)21)15(10-13)26-2/h6-7,10,18H,3-5,8-9,11H2,1-2H3. The Morgan fingerprint density at radius 2 is 1.93 bits per heavy atom. The van der Waals surface area contributed by atoms with E-state index in [-0.39, 0.29) is 17.1 Å². The van der Waals surface area contributed by atoms with Gasteiger partial charge in [0.1, 0.15) is 5.54 Å². The molecule has 0 bridgehead atoms. The number of nitriles is 1. The van der Waals surface area contributed by atoms with Gasteiger partial charge in [-0.15, -0.1) is 0 Å². The summed E-state index contributed by atoms with van der Waals surface area (Å²) >= 11 is 0. The maximum absolute atomic E-state index is 12.4. The summed E-state index contributed by atoms with van der Waals surface area (Å²) in [6.45, 7) is -3.57. The molecule has 1 fully saturated rings. The van der Waals surface area contributed by atoms with E-state index in [1.54, 1.807) is 0 Å². The first-order chi connectivity index (χ1) is 13.3. The number of rotatable bonds is 7. The highest BCUT2D eigenvalue weighted by atomic mass is 19.3. The Morgan fingerprint density at radius 3 is 2.50 bits per heavy atom. The minimum Gasteiger partial charge on any atom is -0.493 e. The molecule has 1 aromatic carbocycles. The SMILES string of the molecule is COc1cc(C(=O)OCC(=O)N(C)C2(C#N)CCCCC2)ccc1OC(F)F. The number of ether oxygens (including phenoxy) is 3. The Labute approximate surface area is 161 Å². The highest BCUT2D eigenvalue weighted by Gasteiger charge is 2.39. The molecule has 0 aromatic heterocycles. The first kappa shape index (κ1) is 21.4. The van der Waals surface area contributed by atoms with Crippen molar-refractivity contribution in [3.05, 3.63) is 23.8 Å². The summed E-state index contributed by atoms with van der Waals surface area (Å²) in [5.74, 6) is -1.60. The lowest BCUT2D eigenvalue weighted by atomic mass is 9.81. The number of likely N-dealkylation sites (N-methyl/N-ethyl adjacent to an activating group) is 1. The molecule has 0 unspecified atom stereocenters. The van der Waals surface area contributed by atoms with E-state index in [0.717, 1.165) is 25.3 Å². The fourth-order valence-corrected chi connectivity index (χ4v) is 3.19. The second-order valence-corrected chi connectivity index (χ2v) is 6.48. The average Bonchev–Trinajstić information content (AvgIpc) is 2.71. The smallest absolute Gasteiger partial charge is 0.387 e. The number of nitrogens with zero attached hydrogens (tertiary/aromatic N) is 2. The third-order valence-corrected chi connectivity index (χ3v) is 4.85. The Bertz CT molecular complexity index is 757. The molecule has 1 aliphatic carbocycles. The minimum atomic E-state index is -3.04. The van der Waals surface area contributed by atoms with Gasteiger partial charge >= 0.3 is 12.6 Å². The van der Waals surface area contributed by atoms with Gasteiger partial charge < -0.3 is 19.1 Å². The largest absolute Gasteiger partial charge is 0.493 e. The Balaban J connectivity index is 2.01. The van der Waals surface area contributed by atoms with Crippen molar-refractivity contribution >= 4 is 11.9 Å². The molecule has 1 aromatic rings. The zero-order valence-electron chi connectivity index (χ0n) is 15.7. The molecular formula is C19H22F2N2O5. The van der Waals surface area contributed by atoms with Crippen molar-refractivity contribution in [2.24, 2.45) is 0 Å². The second kappa shape index (κ2) is 9.35. The summed E-state index contributed by atoms with van der Waals surface area (Å²) in [6, 6.07) is 5.80. The van der Waals surface area contributed by atoms with Crippen LogP contribution in [-0.4, -0.2) is 49.7 Å². The summed E-state index contributed by atoms with van der Waals surface area (Å²) < 4.78 is 39.0. The number of esters is 1. The number of methoxy groups -OCH3 is 1. The zero-order chi connectivity index (χ0) is 20.7. The van der Waals surface area contributed by atoms with Crippen LogP contribution in [0.25, 0.3) is 0 Å². The van der Waals surface area contributed by atoms with Crippen LogP contribution in [0, 0.1) is 11.3 Å². The number of halogens is 2. The molecule has 0 radical (unpaired) electrons. The first-order valence-electron chi connectivity index (χ1n) is 8.81. The predicted octanol–water partition coefficient (Wildman–Crippen LogP) is 3.14. The van der Waals surface area contributed by atoms with Crippen LogP contribution >= 0.6 is 0 Å². The molecule has 9 heteroatoms. The van der Waals surface area contributed by atoms with Crippen LogP contribution in [0.1, 0.15) is 42.5 Å². The van der Waals surface area contributed by atoms with E-state index in [9.17, 15) is 23.6 Å². The molecule has 152 valence electrons.